The predicted octanol–water partition coefficient (Wildman–Crippen LogP) is 0.652. The highest BCUT2D eigenvalue weighted by Gasteiger charge is 2.56. The van der Waals surface area contributed by atoms with E-state index >= 15 is 0 Å². The van der Waals surface area contributed by atoms with E-state index < -0.39 is 0 Å². The zero-order valence-electron chi connectivity index (χ0n) is 13.7. The van der Waals surface area contributed by atoms with E-state index in [0.717, 1.165) is 51.3 Å². The molecule has 3 heterocycles. The number of aliphatic hydroxyl groups excluding tert-OH is 1. The molecule has 5 heteroatoms. The third-order valence-corrected chi connectivity index (χ3v) is 5.71. The average molecular weight is 315 g/mol. The second-order valence-electron chi connectivity index (χ2n) is 7.28. The lowest BCUT2D eigenvalue weighted by Crippen LogP contribution is -2.78. The Morgan fingerprint density at radius 2 is 1.96 bits per heavy atom. The number of carbonyl (C=O) groups excluding carboxylic acids is 1. The SMILES string of the molecule is CCN1C[C@H]2C[C@@H](O)CN2C2(C1)CN(C(=O)c1ccccc1)C2. The molecule has 0 unspecified atom stereocenters. The monoisotopic (exact) mass is 315 g/mol. The van der Waals surface area contributed by atoms with Crippen molar-refractivity contribution in [3.63, 3.8) is 0 Å². The number of nitrogens with zero attached hydrogens (tertiary/aromatic N) is 3. The lowest BCUT2D eigenvalue weighted by molar-refractivity contribution is -0.0988. The number of piperazine rings is 1. The van der Waals surface area contributed by atoms with Crippen LogP contribution in [0, 0.1) is 0 Å². The van der Waals surface area contributed by atoms with Crippen LogP contribution in [0.1, 0.15) is 23.7 Å². The van der Waals surface area contributed by atoms with Crippen molar-refractivity contribution < 1.29 is 9.90 Å². The molecule has 1 amide bonds. The van der Waals surface area contributed by atoms with Crippen molar-refractivity contribution in [3.8, 4) is 0 Å². The fourth-order valence-electron chi connectivity index (χ4n) is 4.61. The average Bonchev–Trinajstić information content (AvgIpc) is 2.92. The van der Waals surface area contributed by atoms with Gasteiger partial charge in [0.05, 0.1) is 11.6 Å². The van der Waals surface area contributed by atoms with E-state index in [-0.39, 0.29) is 17.6 Å². The van der Waals surface area contributed by atoms with Gasteiger partial charge in [-0.15, -0.1) is 0 Å². The summed E-state index contributed by atoms with van der Waals surface area (Å²) in [4.78, 5) is 19.5. The van der Waals surface area contributed by atoms with E-state index in [1.165, 1.54) is 0 Å². The summed E-state index contributed by atoms with van der Waals surface area (Å²) in [6.07, 6.45) is 0.651. The van der Waals surface area contributed by atoms with Gasteiger partial charge in [0.1, 0.15) is 0 Å². The number of benzene rings is 1. The van der Waals surface area contributed by atoms with Crippen molar-refractivity contribution in [3.05, 3.63) is 35.9 Å². The number of carbonyl (C=O) groups is 1. The van der Waals surface area contributed by atoms with E-state index in [2.05, 4.69) is 16.7 Å². The Morgan fingerprint density at radius 1 is 1.22 bits per heavy atom. The third-order valence-electron chi connectivity index (χ3n) is 5.71. The summed E-state index contributed by atoms with van der Waals surface area (Å²) >= 11 is 0. The van der Waals surface area contributed by atoms with E-state index in [4.69, 9.17) is 0 Å². The number of likely N-dealkylation sites (tertiary alicyclic amines) is 1. The molecule has 0 bridgehead atoms. The Hall–Kier alpha value is -1.43. The fourth-order valence-corrected chi connectivity index (χ4v) is 4.61. The maximum atomic E-state index is 12.6. The summed E-state index contributed by atoms with van der Waals surface area (Å²) in [5, 5.41) is 10.1. The Morgan fingerprint density at radius 3 is 2.65 bits per heavy atom. The van der Waals surface area contributed by atoms with Crippen molar-refractivity contribution in [2.24, 2.45) is 0 Å². The van der Waals surface area contributed by atoms with Crippen LogP contribution in [0.2, 0.25) is 0 Å². The van der Waals surface area contributed by atoms with Crippen LogP contribution in [0.5, 0.6) is 0 Å². The molecule has 0 radical (unpaired) electrons. The van der Waals surface area contributed by atoms with Crippen LogP contribution in [0.25, 0.3) is 0 Å². The second kappa shape index (κ2) is 5.58. The summed E-state index contributed by atoms with van der Waals surface area (Å²) in [5.74, 6) is 0.126. The van der Waals surface area contributed by atoms with Gasteiger partial charge in [0.15, 0.2) is 0 Å². The lowest BCUT2D eigenvalue weighted by Gasteiger charge is -2.61. The van der Waals surface area contributed by atoms with Crippen molar-refractivity contribution in [1.82, 2.24) is 14.7 Å². The van der Waals surface area contributed by atoms with E-state index in [1.54, 1.807) is 0 Å². The van der Waals surface area contributed by atoms with Gasteiger partial charge in [0, 0.05) is 44.3 Å². The first-order chi connectivity index (χ1) is 11.1. The Bertz CT molecular complexity index is 585. The Balaban J connectivity index is 1.50. The molecule has 2 atom stereocenters. The topological polar surface area (TPSA) is 47.0 Å². The maximum absolute atomic E-state index is 12.6. The summed E-state index contributed by atoms with van der Waals surface area (Å²) in [5.41, 5.74) is 0.810. The van der Waals surface area contributed by atoms with Crippen LogP contribution < -0.4 is 0 Å². The molecule has 23 heavy (non-hydrogen) atoms. The number of aliphatic hydroxyl groups is 1. The van der Waals surface area contributed by atoms with Gasteiger partial charge in [-0.05, 0) is 25.1 Å². The van der Waals surface area contributed by atoms with E-state index in [9.17, 15) is 9.90 Å². The molecule has 4 rings (SSSR count). The van der Waals surface area contributed by atoms with E-state index in [1.807, 2.05) is 35.2 Å². The standard InChI is InChI=1S/C18H25N3O2/c1-2-19-9-15-8-16(22)10-21(15)18(11-19)12-20(13-18)17(23)14-6-4-3-5-7-14/h3-7,15-16,22H,2,8-13H2,1H3/t15-,16-/m1/s1. The molecule has 3 fully saturated rings. The number of rotatable bonds is 2. The molecule has 1 aromatic carbocycles. The highest BCUT2D eigenvalue weighted by Crippen LogP contribution is 2.39. The van der Waals surface area contributed by atoms with Crippen LogP contribution >= 0.6 is 0 Å². The third kappa shape index (κ3) is 2.47. The molecule has 0 aromatic heterocycles. The number of β-amino-alcohol motifs (C(OH)–C–C–N with tert-alkyl or cyclic N) is 1. The van der Waals surface area contributed by atoms with Gasteiger partial charge in [0.25, 0.3) is 5.91 Å². The minimum absolute atomic E-state index is 0.0425. The molecule has 124 valence electrons. The molecule has 1 aromatic rings. The minimum Gasteiger partial charge on any atom is -0.392 e. The first kappa shape index (κ1) is 15.1. The molecule has 1 N–H and O–H groups in total. The smallest absolute Gasteiger partial charge is 0.253 e. The first-order valence-electron chi connectivity index (χ1n) is 8.63. The van der Waals surface area contributed by atoms with Crippen LogP contribution in [-0.2, 0) is 0 Å². The van der Waals surface area contributed by atoms with Crippen molar-refractivity contribution in [2.75, 3.05) is 39.3 Å². The van der Waals surface area contributed by atoms with Gasteiger partial charge in [0.2, 0.25) is 0 Å². The molecule has 3 saturated heterocycles. The van der Waals surface area contributed by atoms with Gasteiger partial charge in [-0.1, -0.05) is 25.1 Å². The largest absolute Gasteiger partial charge is 0.392 e. The molecule has 5 nitrogen and oxygen atoms in total. The number of hydrogen-bond donors (Lipinski definition) is 1. The summed E-state index contributed by atoms with van der Waals surface area (Å²) in [7, 11) is 0. The Kier molecular flexibility index (Phi) is 3.67. The molecule has 3 aliphatic heterocycles. The van der Waals surface area contributed by atoms with Crippen molar-refractivity contribution >= 4 is 5.91 Å². The number of amides is 1. The summed E-state index contributed by atoms with van der Waals surface area (Å²) < 4.78 is 0. The van der Waals surface area contributed by atoms with Crippen LogP contribution in [-0.4, -0.2) is 82.7 Å². The molecular weight excluding hydrogens is 290 g/mol. The van der Waals surface area contributed by atoms with Gasteiger partial charge >= 0.3 is 0 Å². The molecule has 0 saturated carbocycles. The van der Waals surface area contributed by atoms with E-state index in [0.29, 0.717) is 6.04 Å². The first-order valence-corrected chi connectivity index (χ1v) is 8.63. The van der Waals surface area contributed by atoms with Crippen LogP contribution in [0.3, 0.4) is 0 Å². The number of hydrogen-bond acceptors (Lipinski definition) is 4. The molecular formula is C18H25N3O2. The van der Waals surface area contributed by atoms with Crippen LogP contribution in [0.15, 0.2) is 30.3 Å². The highest BCUT2D eigenvalue weighted by molar-refractivity contribution is 5.95. The minimum atomic E-state index is -0.215. The predicted molar refractivity (Wildman–Crippen MR) is 88.3 cm³/mol. The fraction of sp³-hybridized carbons (Fsp3) is 0.611. The molecule has 1 spiro atoms. The Labute approximate surface area is 137 Å². The van der Waals surface area contributed by atoms with Crippen molar-refractivity contribution in [2.45, 2.75) is 31.0 Å². The van der Waals surface area contributed by atoms with Gasteiger partial charge < -0.3 is 14.9 Å². The normalized spacial score (nSPS) is 30.3. The highest BCUT2D eigenvalue weighted by atomic mass is 16.3. The zero-order valence-corrected chi connectivity index (χ0v) is 13.7. The summed E-state index contributed by atoms with van der Waals surface area (Å²) in [6.45, 7) is 7.60. The number of fused-ring (bicyclic) bond motifs is 2. The molecule has 0 aliphatic carbocycles. The van der Waals surface area contributed by atoms with Crippen LogP contribution in [0.4, 0.5) is 0 Å². The zero-order chi connectivity index (χ0) is 16.0. The quantitative estimate of drug-likeness (QED) is 0.871. The van der Waals surface area contributed by atoms with Gasteiger partial charge in [-0.2, -0.15) is 0 Å². The number of likely N-dealkylation sites (N-methyl/N-ethyl adjacent to an activating group) is 1. The maximum Gasteiger partial charge on any atom is 0.253 e. The lowest BCUT2D eigenvalue weighted by atomic mass is 9.83. The second-order valence-corrected chi connectivity index (χ2v) is 7.28. The van der Waals surface area contributed by atoms with Crippen molar-refractivity contribution in [1.29, 1.82) is 0 Å². The summed E-state index contributed by atoms with van der Waals surface area (Å²) in [6, 6.07) is 9.96. The molecule has 3 aliphatic rings. The van der Waals surface area contributed by atoms with Gasteiger partial charge in [-0.25, -0.2) is 0 Å². The van der Waals surface area contributed by atoms with Gasteiger partial charge in [-0.3, -0.25) is 9.69 Å².